The van der Waals surface area contributed by atoms with Crippen LogP contribution >= 0.6 is 0 Å². The lowest BCUT2D eigenvalue weighted by Crippen LogP contribution is -2.31. The summed E-state index contributed by atoms with van der Waals surface area (Å²) >= 11 is 0. The third kappa shape index (κ3) is 14.3. The minimum Gasteiger partial charge on any atom is -0.478 e. The number of hydrogen-bond acceptors (Lipinski definition) is 13. The Bertz CT molecular complexity index is 3060. The molecule has 0 bridgehead atoms. The zero-order valence-corrected chi connectivity index (χ0v) is 41.0. The van der Waals surface area contributed by atoms with Gasteiger partial charge in [0.2, 0.25) is 0 Å². The van der Waals surface area contributed by atoms with E-state index < -0.39 is 36.3 Å². The van der Waals surface area contributed by atoms with Crippen molar-refractivity contribution in [3.63, 3.8) is 0 Å². The number of aromatic carboxylic acids is 1. The van der Waals surface area contributed by atoms with Crippen LogP contribution in [0.5, 0.6) is 0 Å². The number of nitrogens with two attached hydrogens (primary N) is 1. The van der Waals surface area contributed by atoms with Crippen molar-refractivity contribution >= 4 is 80.4 Å². The molecule has 6 aromatic rings. The Hall–Kier alpha value is -5.44. The van der Waals surface area contributed by atoms with Gasteiger partial charge in [0.15, 0.2) is 0 Å². The standard InChI is InChI=1S/C16H20N2O5S.C15H19N3O5S.C15H21N3O3S/c19-16(20)11-3-4-14-13(9-11)12-5-7-18(10-15(12)17-14)6-1-2-8-24(21,22)23;19-18(20)11-3-4-14-13(9-11)12-5-7-17(10-15(12)16-14)6-1-2-8-24(21,22)23;16-11-3-4-14-13(9-11)12-5-7-18(10-15(12)17-14)6-1-2-8-22(19,20)21/h3-4,9,17H,1-2,5-8,10H2,(H,19,20)(H,21,22,23);3-4,9,16H,1-2,5-8,10H2,(H,21,22,23);3-4,9,17H,1-2,5-8,10,16H2,(H,19,20,21). The number of aromatic amines is 3. The Kier molecular flexibility index (Phi) is 16.7. The van der Waals surface area contributed by atoms with Gasteiger partial charge in [-0.15, -0.1) is 0 Å². The van der Waals surface area contributed by atoms with Gasteiger partial charge in [-0.1, -0.05) is 0 Å². The quantitative estimate of drug-likeness (QED) is 0.0177. The first kappa shape index (κ1) is 52.4. The molecule has 0 unspecified atom stereocenters. The van der Waals surface area contributed by atoms with Crippen LogP contribution in [0.15, 0.2) is 54.6 Å². The molecule has 9 N–H and O–H groups in total. The average molecular weight is 1030 g/mol. The highest BCUT2D eigenvalue weighted by Crippen LogP contribution is 2.32. The van der Waals surface area contributed by atoms with Crippen LogP contribution in [0.3, 0.4) is 0 Å². The number of fused-ring (bicyclic) bond motifs is 9. The minimum atomic E-state index is -3.88. The fraction of sp³-hybridized carbons (Fsp3) is 0.457. The smallest absolute Gasteiger partial charge is 0.335 e. The van der Waals surface area contributed by atoms with E-state index in [2.05, 4.69) is 29.7 Å². The molecule has 3 aromatic heterocycles. The summed E-state index contributed by atoms with van der Waals surface area (Å²) in [5.74, 6) is -1.49. The first-order valence-electron chi connectivity index (χ1n) is 23.2. The van der Waals surface area contributed by atoms with E-state index in [-0.39, 0.29) is 33.4 Å². The summed E-state index contributed by atoms with van der Waals surface area (Å²) < 4.78 is 90.5. The summed E-state index contributed by atoms with van der Waals surface area (Å²) in [4.78, 5) is 38.6. The van der Waals surface area contributed by atoms with Gasteiger partial charge in [-0.2, -0.15) is 25.3 Å². The van der Waals surface area contributed by atoms with Gasteiger partial charge < -0.3 is 25.8 Å². The highest BCUT2D eigenvalue weighted by molar-refractivity contribution is 7.86. The predicted octanol–water partition coefficient (Wildman–Crippen LogP) is 5.77. The first-order chi connectivity index (χ1) is 33.1. The number of anilines is 1. The molecular formula is C46H60N8O13S3. The summed E-state index contributed by atoms with van der Waals surface area (Å²) in [6, 6.07) is 15.9. The van der Waals surface area contributed by atoms with E-state index in [9.17, 15) is 40.2 Å². The van der Waals surface area contributed by atoms with Crippen molar-refractivity contribution in [3.05, 3.63) is 104 Å². The maximum absolute atomic E-state index is 11.1. The second-order valence-electron chi connectivity index (χ2n) is 18.2. The lowest BCUT2D eigenvalue weighted by Gasteiger charge is -2.26. The molecule has 0 saturated heterocycles. The number of benzene rings is 3. The van der Waals surface area contributed by atoms with Crippen molar-refractivity contribution in [2.45, 2.75) is 77.4 Å². The van der Waals surface area contributed by atoms with Gasteiger partial charge in [0, 0.05) is 107 Å². The van der Waals surface area contributed by atoms with Crippen molar-refractivity contribution in [3.8, 4) is 0 Å². The number of carbonyl (C=O) groups is 1. The molecule has 0 radical (unpaired) electrons. The Balaban J connectivity index is 0.000000155. The van der Waals surface area contributed by atoms with Gasteiger partial charge in [0.25, 0.3) is 36.0 Å². The zero-order chi connectivity index (χ0) is 50.4. The average Bonchev–Trinajstić information content (AvgIpc) is 3.97. The largest absolute Gasteiger partial charge is 0.478 e. The Morgan fingerprint density at radius 3 is 1.33 bits per heavy atom. The fourth-order valence-corrected chi connectivity index (χ4v) is 11.3. The number of nitrogens with zero attached hydrogens (tertiary/aromatic N) is 4. The third-order valence-corrected chi connectivity index (χ3v) is 15.4. The van der Waals surface area contributed by atoms with E-state index in [4.69, 9.17) is 24.5 Å². The molecule has 70 heavy (non-hydrogen) atoms. The topological polar surface area (TPSA) is 327 Å². The van der Waals surface area contributed by atoms with Gasteiger partial charge >= 0.3 is 5.97 Å². The summed E-state index contributed by atoms with van der Waals surface area (Å²) in [5, 5.41) is 23.1. The van der Waals surface area contributed by atoms with Crippen molar-refractivity contribution in [2.75, 3.05) is 62.3 Å². The molecule has 0 saturated carbocycles. The maximum atomic E-state index is 11.1. The monoisotopic (exact) mass is 1030 g/mol. The second kappa shape index (κ2) is 22.3. The number of hydrogen-bond donors (Lipinski definition) is 8. The normalized spacial score (nSPS) is 15.7. The van der Waals surface area contributed by atoms with Crippen LogP contribution in [-0.4, -0.2) is 141 Å². The van der Waals surface area contributed by atoms with Crippen LogP contribution in [-0.2, 0) is 69.3 Å². The van der Waals surface area contributed by atoms with E-state index in [0.717, 1.165) is 128 Å². The van der Waals surface area contributed by atoms with Crippen molar-refractivity contribution in [2.24, 2.45) is 0 Å². The van der Waals surface area contributed by atoms with Gasteiger partial charge in [0.05, 0.1) is 27.7 Å². The number of nitro groups is 1. The lowest BCUT2D eigenvalue weighted by atomic mass is 10.0. The van der Waals surface area contributed by atoms with Crippen LogP contribution in [0.1, 0.15) is 82.7 Å². The predicted molar refractivity (Wildman–Crippen MR) is 267 cm³/mol. The first-order valence-corrected chi connectivity index (χ1v) is 28.0. The highest BCUT2D eigenvalue weighted by atomic mass is 32.2. The summed E-state index contributed by atoms with van der Waals surface area (Å²) in [5.41, 5.74) is 17.0. The fourth-order valence-electron chi connectivity index (χ4n) is 9.57. The number of H-pyrrole nitrogens is 3. The molecule has 3 aromatic carbocycles. The number of nitrogen functional groups attached to an aromatic ring is 1. The molecule has 0 spiro atoms. The molecule has 0 atom stereocenters. The Labute approximate surface area is 405 Å². The van der Waals surface area contributed by atoms with Crippen molar-refractivity contribution in [1.82, 2.24) is 29.7 Å². The maximum Gasteiger partial charge on any atom is 0.335 e. The van der Waals surface area contributed by atoms with Gasteiger partial charge in [-0.3, -0.25) is 38.5 Å². The number of unbranched alkanes of at least 4 members (excludes halogenated alkanes) is 3. The summed E-state index contributed by atoms with van der Waals surface area (Å²) in [7, 11) is -11.6. The SMILES string of the molecule is Nc1ccc2[nH]c3c(c2c1)CCN(CCCCS(=O)(=O)O)C3.O=C(O)c1ccc2[nH]c3c(c2c1)CCN(CCCCS(=O)(=O)O)C3.O=[N+]([O-])c1ccc2[nH]c3c(c2c1)CCN(CCCCS(=O)(=O)O)C3. The molecular weight excluding hydrogens is 969 g/mol. The molecule has 3 aliphatic heterocycles. The second-order valence-corrected chi connectivity index (χ2v) is 22.9. The number of aromatic nitrogens is 3. The van der Waals surface area contributed by atoms with E-state index in [1.807, 2.05) is 18.2 Å². The van der Waals surface area contributed by atoms with Gasteiger partial charge in [-0.05, 0) is 137 Å². The number of carboxylic acid groups (broad SMARTS) is 1. The van der Waals surface area contributed by atoms with Crippen LogP contribution in [0, 0.1) is 10.1 Å². The van der Waals surface area contributed by atoms with Crippen molar-refractivity contribution < 1.29 is 53.7 Å². The molecule has 0 amide bonds. The zero-order valence-electron chi connectivity index (χ0n) is 38.6. The third-order valence-electron chi connectivity index (χ3n) is 13.0. The molecule has 3 aliphatic rings. The molecule has 9 rings (SSSR count). The molecule has 24 heteroatoms. The number of nitro benzene ring substituents is 1. The number of nitrogens with one attached hydrogen (secondary N) is 3. The number of non-ortho nitro benzene ring substituents is 1. The Morgan fingerprint density at radius 2 is 0.943 bits per heavy atom. The lowest BCUT2D eigenvalue weighted by molar-refractivity contribution is -0.384. The molecule has 0 fully saturated rings. The van der Waals surface area contributed by atoms with E-state index in [1.54, 1.807) is 30.3 Å². The number of rotatable bonds is 17. The van der Waals surface area contributed by atoms with Gasteiger partial charge in [0.1, 0.15) is 0 Å². The van der Waals surface area contributed by atoms with Crippen LogP contribution in [0.2, 0.25) is 0 Å². The van der Waals surface area contributed by atoms with E-state index in [0.29, 0.717) is 38.6 Å². The van der Waals surface area contributed by atoms with Crippen molar-refractivity contribution in [1.29, 1.82) is 0 Å². The Morgan fingerprint density at radius 1 is 0.571 bits per heavy atom. The highest BCUT2D eigenvalue weighted by Gasteiger charge is 2.24. The van der Waals surface area contributed by atoms with E-state index in [1.165, 1.54) is 28.3 Å². The minimum absolute atomic E-state index is 0.0944. The molecule has 21 nitrogen and oxygen atoms in total. The number of carboxylic acids is 1. The van der Waals surface area contributed by atoms with Crippen LogP contribution in [0.25, 0.3) is 32.7 Å². The molecule has 0 aliphatic carbocycles. The van der Waals surface area contributed by atoms with E-state index >= 15 is 0 Å². The van der Waals surface area contributed by atoms with Crippen LogP contribution in [0.4, 0.5) is 11.4 Å². The molecule has 6 heterocycles. The van der Waals surface area contributed by atoms with Crippen LogP contribution < -0.4 is 5.73 Å². The van der Waals surface area contributed by atoms with Gasteiger partial charge in [-0.25, -0.2) is 4.79 Å². The summed E-state index contributed by atoms with van der Waals surface area (Å²) in [6.45, 7) is 7.29. The molecule has 380 valence electrons. The summed E-state index contributed by atoms with van der Waals surface area (Å²) in [6.07, 6.45) is 6.13.